The highest BCUT2D eigenvalue weighted by molar-refractivity contribution is 9.10. The minimum Gasteiger partial charge on any atom is -0.444 e. The number of amides is 3. The number of carbonyl (C=O) groups excluding carboxylic acids is 3. The highest BCUT2D eigenvalue weighted by atomic mass is 79.9. The number of hydrogen-bond acceptors (Lipinski definition) is 4. The number of anilines is 2. The predicted molar refractivity (Wildman–Crippen MR) is 126 cm³/mol. The standard InChI is InChI=1S/C23H26BrN3O4/c1-23(2,3)31-22(30)25-13-12-21(29)27-19-9-5-8-18(15-19)26-20(28)11-10-16-6-4-7-17(24)14-16/h4-11,14-15H,12-13H2,1-3H3,(H,25,30)(H,26,28)(H,27,29)/b11-10+. The Morgan fingerprint density at radius 1 is 1.00 bits per heavy atom. The highest BCUT2D eigenvalue weighted by Gasteiger charge is 2.15. The van der Waals surface area contributed by atoms with E-state index in [1.807, 2.05) is 24.3 Å². The van der Waals surface area contributed by atoms with E-state index in [-0.39, 0.29) is 24.8 Å². The zero-order valence-corrected chi connectivity index (χ0v) is 19.3. The summed E-state index contributed by atoms with van der Waals surface area (Å²) in [4.78, 5) is 35.8. The molecule has 0 aromatic heterocycles. The van der Waals surface area contributed by atoms with Crippen molar-refractivity contribution in [3.8, 4) is 0 Å². The van der Waals surface area contributed by atoms with Crippen LogP contribution in [0.25, 0.3) is 6.08 Å². The van der Waals surface area contributed by atoms with Gasteiger partial charge in [-0.2, -0.15) is 0 Å². The summed E-state index contributed by atoms with van der Waals surface area (Å²) < 4.78 is 6.04. The second-order valence-electron chi connectivity index (χ2n) is 7.69. The molecule has 0 aliphatic carbocycles. The Kier molecular flexibility index (Phi) is 8.81. The molecule has 0 unspecified atom stereocenters. The van der Waals surface area contributed by atoms with Crippen molar-refractivity contribution >= 4 is 51.3 Å². The summed E-state index contributed by atoms with van der Waals surface area (Å²) >= 11 is 3.39. The molecular formula is C23H26BrN3O4. The van der Waals surface area contributed by atoms with Gasteiger partial charge >= 0.3 is 6.09 Å². The van der Waals surface area contributed by atoms with E-state index in [0.29, 0.717) is 11.4 Å². The Morgan fingerprint density at radius 2 is 1.68 bits per heavy atom. The first-order valence-electron chi connectivity index (χ1n) is 9.72. The molecule has 0 fully saturated rings. The molecule has 2 rings (SSSR count). The molecule has 0 aliphatic heterocycles. The predicted octanol–water partition coefficient (Wildman–Crippen LogP) is 4.95. The molecule has 0 spiro atoms. The Bertz CT molecular complexity index is 967. The summed E-state index contributed by atoms with van der Waals surface area (Å²) in [6.07, 6.45) is 2.67. The minimum absolute atomic E-state index is 0.0885. The second-order valence-corrected chi connectivity index (χ2v) is 8.60. The van der Waals surface area contributed by atoms with Gasteiger partial charge in [0.05, 0.1) is 0 Å². The Balaban J connectivity index is 1.82. The molecule has 3 N–H and O–H groups in total. The molecule has 164 valence electrons. The molecule has 0 radical (unpaired) electrons. The van der Waals surface area contributed by atoms with Crippen molar-refractivity contribution in [1.82, 2.24) is 5.32 Å². The Labute approximate surface area is 190 Å². The van der Waals surface area contributed by atoms with Gasteiger partial charge in [0, 0.05) is 34.9 Å². The summed E-state index contributed by atoms with van der Waals surface area (Å²) in [5.74, 6) is -0.556. The lowest BCUT2D eigenvalue weighted by molar-refractivity contribution is -0.116. The number of rotatable bonds is 7. The van der Waals surface area contributed by atoms with Crippen molar-refractivity contribution in [1.29, 1.82) is 0 Å². The third kappa shape index (κ3) is 9.95. The molecule has 3 amide bonds. The summed E-state index contributed by atoms with van der Waals surface area (Å²) in [7, 11) is 0. The van der Waals surface area contributed by atoms with Crippen LogP contribution in [0.3, 0.4) is 0 Å². The molecule has 7 nitrogen and oxygen atoms in total. The molecule has 0 aliphatic rings. The van der Waals surface area contributed by atoms with Gasteiger partial charge in [0.25, 0.3) is 0 Å². The largest absolute Gasteiger partial charge is 0.444 e. The second kappa shape index (κ2) is 11.3. The van der Waals surface area contributed by atoms with Gasteiger partial charge in [-0.15, -0.1) is 0 Å². The zero-order valence-electron chi connectivity index (χ0n) is 17.7. The molecule has 2 aromatic carbocycles. The fourth-order valence-corrected chi connectivity index (χ4v) is 2.87. The number of alkyl carbamates (subject to hydrolysis) is 1. The summed E-state index contributed by atoms with van der Waals surface area (Å²) in [6, 6.07) is 14.4. The average Bonchev–Trinajstić information content (AvgIpc) is 2.65. The van der Waals surface area contributed by atoms with E-state index in [9.17, 15) is 14.4 Å². The van der Waals surface area contributed by atoms with Crippen LogP contribution in [0, 0.1) is 0 Å². The van der Waals surface area contributed by atoms with Crippen molar-refractivity contribution in [2.45, 2.75) is 32.8 Å². The van der Waals surface area contributed by atoms with E-state index in [1.165, 1.54) is 6.08 Å². The Hall–Kier alpha value is -3.13. The summed E-state index contributed by atoms with van der Waals surface area (Å²) in [5.41, 5.74) is 1.39. The van der Waals surface area contributed by atoms with Crippen molar-refractivity contribution < 1.29 is 19.1 Å². The lowest BCUT2D eigenvalue weighted by Gasteiger charge is -2.19. The van der Waals surface area contributed by atoms with Crippen molar-refractivity contribution in [3.05, 3.63) is 64.6 Å². The van der Waals surface area contributed by atoms with Crippen LogP contribution in [0.1, 0.15) is 32.8 Å². The Morgan fingerprint density at radius 3 is 2.35 bits per heavy atom. The van der Waals surface area contributed by atoms with Crippen LogP contribution in [-0.2, 0) is 14.3 Å². The first-order valence-corrected chi connectivity index (χ1v) is 10.5. The number of ether oxygens (including phenoxy) is 1. The smallest absolute Gasteiger partial charge is 0.407 e. The molecular weight excluding hydrogens is 462 g/mol. The van der Waals surface area contributed by atoms with Crippen LogP contribution in [0.5, 0.6) is 0 Å². The summed E-state index contributed by atoms with van der Waals surface area (Å²) in [5, 5.41) is 8.03. The lowest BCUT2D eigenvalue weighted by atomic mass is 10.2. The van der Waals surface area contributed by atoms with E-state index >= 15 is 0 Å². The SMILES string of the molecule is CC(C)(C)OC(=O)NCCC(=O)Nc1cccc(NC(=O)/C=C/c2cccc(Br)c2)c1. The van der Waals surface area contributed by atoms with Gasteiger partial charge in [0.1, 0.15) is 5.60 Å². The monoisotopic (exact) mass is 487 g/mol. The first-order chi connectivity index (χ1) is 14.6. The van der Waals surface area contributed by atoms with Crippen LogP contribution >= 0.6 is 15.9 Å². The van der Waals surface area contributed by atoms with Crippen LogP contribution in [-0.4, -0.2) is 30.1 Å². The van der Waals surface area contributed by atoms with Crippen molar-refractivity contribution in [2.75, 3.05) is 17.2 Å². The third-order valence-corrected chi connectivity index (χ3v) is 4.20. The zero-order chi connectivity index (χ0) is 22.9. The van der Waals surface area contributed by atoms with E-state index in [2.05, 4.69) is 31.9 Å². The molecule has 2 aromatic rings. The maximum absolute atomic E-state index is 12.2. The number of nitrogens with one attached hydrogen (secondary N) is 3. The van der Waals surface area contributed by atoms with Gasteiger partial charge in [0.2, 0.25) is 11.8 Å². The minimum atomic E-state index is -0.593. The quantitative estimate of drug-likeness (QED) is 0.481. The number of carbonyl (C=O) groups is 3. The number of halogens is 1. The van der Waals surface area contributed by atoms with Gasteiger partial charge in [-0.3, -0.25) is 9.59 Å². The molecule has 0 atom stereocenters. The van der Waals surface area contributed by atoms with Crippen LogP contribution < -0.4 is 16.0 Å². The normalized spacial score (nSPS) is 11.1. The van der Waals surface area contributed by atoms with Gasteiger partial charge in [0.15, 0.2) is 0 Å². The molecule has 31 heavy (non-hydrogen) atoms. The third-order valence-electron chi connectivity index (χ3n) is 3.71. The summed E-state index contributed by atoms with van der Waals surface area (Å²) in [6.45, 7) is 5.45. The van der Waals surface area contributed by atoms with Crippen LogP contribution in [0.4, 0.5) is 16.2 Å². The molecule has 0 saturated heterocycles. The maximum Gasteiger partial charge on any atom is 0.407 e. The lowest BCUT2D eigenvalue weighted by Crippen LogP contribution is -2.34. The van der Waals surface area contributed by atoms with Crippen molar-refractivity contribution in [2.24, 2.45) is 0 Å². The van der Waals surface area contributed by atoms with E-state index < -0.39 is 11.7 Å². The van der Waals surface area contributed by atoms with E-state index in [0.717, 1.165) is 10.0 Å². The van der Waals surface area contributed by atoms with Crippen LogP contribution in [0.15, 0.2) is 59.1 Å². The van der Waals surface area contributed by atoms with Gasteiger partial charge in [-0.25, -0.2) is 4.79 Å². The number of benzene rings is 2. The molecule has 0 bridgehead atoms. The van der Waals surface area contributed by atoms with Gasteiger partial charge in [-0.1, -0.05) is 34.1 Å². The topological polar surface area (TPSA) is 96.5 Å². The number of hydrogen-bond donors (Lipinski definition) is 3. The van der Waals surface area contributed by atoms with Crippen molar-refractivity contribution in [3.63, 3.8) is 0 Å². The fraction of sp³-hybridized carbons (Fsp3) is 0.261. The maximum atomic E-state index is 12.2. The van der Waals surface area contributed by atoms with E-state index in [4.69, 9.17) is 4.74 Å². The molecule has 8 heteroatoms. The van der Waals surface area contributed by atoms with Gasteiger partial charge < -0.3 is 20.7 Å². The molecule has 0 saturated carbocycles. The van der Waals surface area contributed by atoms with Gasteiger partial charge in [-0.05, 0) is 62.7 Å². The first kappa shape index (κ1) is 24.1. The highest BCUT2D eigenvalue weighted by Crippen LogP contribution is 2.16. The average molecular weight is 488 g/mol. The molecule has 0 heterocycles. The van der Waals surface area contributed by atoms with Crippen LogP contribution in [0.2, 0.25) is 0 Å². The van der Waals surface area contributed by atoms with E-state index in [1.54, 1.807) is 51.1 Å². The fourth-order valence-electron chi connectivity index (χ4n) is 2.46.